The highest BCUT2D eigenvalue weighted by Crippen LogP contribution is 2.33. The van der Waals surface area contributed by atoms with E-state index >= 15 is 0 Å². The van der Waals surface area contributed by atoms with Gasteiger partial charge in [0.15, 0.2) is 0 Å². The van der Waals surface area contributed by atoms with Crippen molar-refractivity contribution in [1.29, 1.82) is 0 Å². The highest BCUT2D eigenvalue weighted by molar-refractivity contribution is 7.60. The third-order valence-corrected chi connectivity index (χ3v) is 7.12. The fourth-order valence-corrected chi connectivity index (χ4v) is 4.66. The number of fused-ring (bicyclic) bond motifs is 1. The summed E-state index contributed by atoms with van der Waals surface area (Å²) >= 11 is 0. The van der Waals surface area contributed by atoms with Crippen molar-refractivity contribution in [3.05, 3.63) is 93.4 Å². The number of carboxylic acids is 1. The molecule has 2 aromatic carbocycles. The maximum absolute atomic E-state index is 13.4. The Kier molecular flexibility index (Phi) is 7.75. The Morgan fingerprint density at radius 3 is 2.38 bits per heavy atom. The average Bonchev–Trinajstić information content (AvgIpc) is 2.88. The number of carbonyl (C=O) groups excluding carboxylic acids is 2. The van der Waals surface area contributed by atoms with Gasteiger partial charge < -0.3 is 39.8 Å². The smallest absolute Gasteiger partial charge is 0.534 e. The molecule has 0 radical (unpaired) electrons. The van der Waals surface area contributed by atoms with Gasteiger partial charge in [-0.1, -0.05) is 24.3 Å². The number of aromatic carboxylic acids is 1. The Labute approximate surface area is 221 Å². The first-order chi connectivity index (χ1) is 18.4. The number of nitrogens with one attached hydrogen (secondary N) is 2. The zero-order valence-corrected chi connectivity index (χ0v) is 21.2. The molecule has 0 bridgehead atoms. The lowest BCUT2D eigenvalue weighted by molar-refractivity contribution is -0.123. The Bertz CT molecular complexity index is 1550. The summed E-state index contributed by atoms with van der Waals surface area (Å²) in [5.74, 6) is -4.04. The number of aryl methyl sites for hydroxylation is 1. The summed E-state index contributed by atoms with van der Waals surface area (Å²) in [4.78, 5) is 69.1. The Morgan fingerprint density at radius 2 is 1.74 bits per heavy atom. The number of amides is 2. The van der Waals surface area contributed by atoms with Gasteiger partial charge in [-0.05, 0) is 47.9 Å². The van der Waals surface area contributed by atoms with E-state index in [1.54, 1.807) is 6.07 Å². The van der Waals surface area contributed by atoms with E-state index < -0.39 is 50.0 Å². The van der Waals surface area contributed by atoms with Gasteiger partial charge in [0, 0.05) is 13.2 Å². The molecule has 1 aliphatic heterocycles. The van der Waals surface area contributed by atoms with Crippen molar-refractivity contribution in [3.8, 4) is 5.75 Å². The standard InChI is InChI=1S/C24H23BN3O10P/c1-28-11-3-6-17(23(28)31)21(29)27-19(13-7-9-15(10-8-13)39(35,36)37)22(30)26-18-12-14-4-2-5-16(24(32)33)20(14)38-25(18)34/h2-11,18-19,34H,12H2,1H3,(H,26,30)(H,27,29)(H,32,33)(H2,35,36,37)/t18-,19+/m0/s1. The molecule has 0 saturated heterocycles. The molecule has 1 aromatic heterocycles. The molecular weight excluding hydrogens is 532 g/mol. The number of hydrogen-bond donors (Lipinski definition) is 6. The minimum Gasteiger partial charge on any atom is -0.534 e. The van der Waals surface area contributed by atoms with Crippen LogP contribution in [0.1, 0.15) is 37.9 Å². The van der Waals surface area contributed by atoms with Crippen molar-refractivity contribution in [3.63, 3.8) is 0 Å². The van der Waals surface area contributed by atoms with Crippen LogP contribution in [0, 0.1) is 0 Å². The van der Waals surface area contributed by atoms with Crippen molar-refractivity contribution in [2.45, 2.75) is 18.4 Å². The molecule has 0 unspecified atom stereocenters. The average molecular weight is 555 g/mol. The highest BCUT2D eigenvalue weighted by atomic mass is 31.2. The number of carbonyl (C=O) groups is 3. The Hall–Kier alpha value is -4.23. The molecule has 3 aromatic rings. The molecule has 2 amide bonds. The van der Waals surface area contributed by atoms with Gasteiger partial charge in [-0.15, -0.1) is 0 Å². The number of benzene rings is 2. The lowest BCUT2D eigenvalue weighted by atomic mass is 9.72. The Balaban J connectivity index is 1.63. The van der Waals surface area contributed by atoms with Gasteiger partial charge in [0.05, 0.1) is 16.8 Å². The second-order valence-corrected chi connectivity index (χ2v) is 10.4. The summed E-state index contributed by atoms with van der Waals surface area (Å²) in [5, 5.41) is 24.6. The van der Waals surface area contributed by atoms with E-state index in [-0.39, 0.29) is 34.2 Å². The van der Waals surface area contributed by atoms with E-state index in [9.17, 15) is 43.7 Å². The summed E-state index contributed by atoms with van der Waals surface area (Å²) in [6.07, 6.45) is 1.45. The molecule has 2 heterocycles. The van der Waals surface area contributed by atoms with Crippen LogP contribution in [-0.4, -0.2) is 55.3 Å². The van der Waals surface area contributed by atoms with Crippen molar-refractivity contribution < 1.29 is 43.5 Å². The number of hydrogen-bond acceptors (Lipinski definition) is 7. The number of aromatic nitrogens is 1. The molecule has 39 heavy (non-hydrogen) atoms. The van der Waals surface area contributed by atoms with Crippen LogP contribution in [0.4, 0.5) is 0 Å². The fraction of sp³-hybridized carbons (Fsp3) is 0.167. The second kappa shape index (κ2) is 10.9. The minimum atomic E-state index is -4.58. The summed E-state index contributed by atoms with van der Waals surface area (Å²) in [6.45, 7) is 0. The molecule has 0 fully saturated rings. The maximum Gasteiger partial charge on any atom is 0.547 e. The van der Waals surface area contributed by atoms with Gasteiger partial charge in [-0.2, -0.15) is 0 Å². The number of rotatable bonds is 7. The minimum absolute atomic E-state index is 0.000396. The van der Waals surface area contributed by atoms with Crippen LogP contribution in [0.5, 0.6) is 5.75 Å². The van der Waals surface area contributed by atoms with E-state index in [1.165, 1.54) is 54.2 Å². The summed E-state index contributed by atoms with van der Waals surface area (Å²) < 4.78 is 18.2. The molecular formula is C24H23BN3O10P. The molecule has 6 N–H and O–H groups in total. The van der Waals surface area contributed by atoms with Crippen LogP contribution in [0.15, 0.2) is 65.6 Å². The third kappa shape index (κ3) is 5.94. The number of pyridine rings is 1. The van der Waals surface area contributed by atoms with Gasteiger partial charge in [0.25, 0.3) is 11.5 Å². The van der Waals surface area contributed by atoms with E-state index in [4.69, 9.17) is 4.65 Å². The third-order valence-electron chi connectivity index (χ3n) is 6.15. The van der Waals surface area contributed by atoms with Gasteiger partial charge >= 0.3 is 20.7 Å². The monoisotopic (exact) mass is 555 g/mol. The van der Waals surface area contributed by atoms with Gasteiger partial charge in [-0.25, -0.2) is 4.79 Å². The number of carboxylic acid groups (broad SMARTS) is 1. The van der Waals surface area contributed by atoms with Crippen LogP contribution < -0.4 is 26.2 Å². The fourth-order valence-electron chi connectivity index (χ4n) is 4.12. The second-order valence-electron chi connectivity index (χ2n) is 8.81. The molecule has 2 atom stereocenters. The Morgan fingerprint density at radius 1 is 1.08 bits per heavy atom. The van der Waals surface area contributed by atoms with Crippen LogP contribution in [0.3, 0.4) is 0 Å². The largest absolute Gasteiger partial charge is 0.547 e. The van der Waals surface area contributed by atoms with Crippen molar-refractivity contribution in [2.75, 3.05) is 0 Å². The zero-order chi connectivity index (χ0) is 28.5. The quantitative estimate of drug-likeness (QED) is 0.163. The van der Waals surface area contributed by atoms with Crippen LogP contribution in [0.25, 0.3) is 0 Å². The molecule has 202 valence electrons. The van der Waals surface area contributed by atoms with Gasteiger partial charge in [0.1, 0.15) is 17.4 Å². The number of para-hydroxylation sites is 1. The van der Waals surface area contributed by atoms with Crippen LogP contribution >= 0.6 is 7.60 Å². The normalized spacial score (nSPS) is 15.5. The van der Waals surface area contributed by atoms with Crippen molar-refractivity contribution in [1.82, 2.24) is 15.2 Å². The predicted molar refractivity (Wildman–Crippen MR) is 138 cm³/mol. The van der Waals surface area contributed by atoms with E-state index in [0.29, 0.717) is 5.56 Å². The first-order valence-electron chi connectivity index (χ1n) is 11.5. The van der Waals surface area contributed by atoms with E-state index in [2.05, 4.69) is 10.6 Å². The first-order valence-corrected chi connectivity index (χ1v) is 13.1. The van der Waals surface area contributed by atoms with Gasteiger partial charge in [-0.3, -0.25) is 18.9 Å². The van der Waals surface area contributed by atoms with Crippen LogP contribution in [-0.2, 0) is 22.8 Å². The molecule has 0 saturated carbocycles. The summed E-state index contributed by atoms with van der Waals surface area (Å²) in [6, 6.07) is 10.4. The van der Waals surface area contributed by atoms with Crippen molar-refractivity contribution in [2.24, 2.45) is 7.05 Å². The predicted octanol–water partition coefficient (Wildman–Crippen LogP) is -0.503. The molecule has 13 nitrogen and oxygen atoms in total. The topological polar surface area (TPSA) is 204 Å². The lowest BCUT2D eigenvalue weighted by Gasteiger charge is -2.30. The molecule has 0 aliphatic carbocycles. The van der Waals surface area contributed by atoms with Crippen molar-refractivity contribution >= 4 is 37.8 Å². The van der Waals surface area contributed by atoms with E-state index in [1.807, 2.05) is 0 Å². The van der Waals surface area contributed by atoms with Crippen LogP contribution in [0.2, 0.25) is 0 Å². The molecule has 4 rings (SSSR count). The summed E-state index contributed by atoms with van der Waals surface area (Å²) in [7, 11) is -4.76. The maximum atomic E-state index is 13.4. The zero-order valence-electron chi connectivity index (χ0n) is 20.3. The summed E-state index contributed by atoms with van der Waals surface area (Å²) in [5.41, 5.74) is -0.472. The number of nitrogens with zero attached hydrogens (tertiary/aromatic N) is 1. The molecule has 15 heteroatoms. The SMILES string of the molecule is Cn1cccc(C(=O)N[C@@H](C(=O)N[C@H]2Cc3cccc(C(=O)O)c3OB2O)c2ccc(P(=O)(O)O)cc2)c1=O. The highest BCUT2D eigenvalue weighted by Gasteiger charge is 2.39. The van der Waals surface area contributed by atoms with E-state index in [0.717, 1.165) is 12.1 Å². The lowest BCUT2D eigenvalue weighted by Crippen LogP contribution is -2.55. The first kappa shape index (κ1) is 27.8. The van der Waals surface area contributed by atoms with Gasteiger partial charge in [0.2, 0.25) is 5.91 Å². The molecule has 0 spiro atoms. The molecule has 1 aliphatic rings.